The fraction of sp³-hybridized carbons (Fsp3) is 0.267. The van der Waals surface area contributed by atoms with Gasteiger partial charge in [-0.15, -0.1) is 0 Å². The Hall–Kier alpha value is -2.26. The third-order valence-corrected chi connectivity index (χ3v) is 5.42. The Balaban J connectivity index is 1.78. The molecular formula is C15H14F2N2O4S. The van der Waals surface area contributed by atoms with Crippen molar-refractivity contribution in [3.63, 3.8) is 0 Å². The van der Waals surface area contributed by atoms with E-state index in [-0.39, 0.29) is 16.5 Å². The van der Waals surface area contributed by atoms with Crippen LogP contribution in [0.25, 0.3) is 0 Å². The van der Waals surface area contributed by atoms with Gasteiger partial charge < -0.3 is 9.73 Å². The number of benzene rings is 1. The van der Waals surface area contributed by atoms with Crippen molar-refractivity contribution in [1.29, 1.82) is 0 Å². The summed E-state index contributed by atoms with van der Waals surface area (Å²) in [6, 6.07) is 5.06. The number of furan rings is 1. The molecule has 1 saturated heterocycles. The van der Waals surface area contributed by atoms with Crippen LogP contribution in [0.15, 0.2) is 39.8 Å². The average Bonchev–Trinajstić information content (AvgIpc) is 3.21. The number of amides is 1. The molecule has 0 bridgehead atoms. The van der Waals surface area contributed by atoms with Crippen LogP contribution in [-0.2, 0) is 10.0 Å². The summed E-state index contributed by atoms with van der Waals surface area (Å²) in [7, 11) is -3.78. The maximum absolute atomic E-state index is 13.5. The van der Waals surface area contributed by atoms with Crippen LogP contribution in [0, 0.1) is 11.6 Å². The van der Waals surface area contributed by atoms with E-state index in [4.69, 9.17) is 4.42 Å². The SMILES string of the molecule is O=C(Nc1ccc(F)cc1F)c1ccc(S(=O)(=O)N2CCCC2)o1. The highest BCUT2D eigenvalue weighted by atomic mass is 32.2. The molecular weight excluding hydrogens is 342 g/mol. The van der Waals surface area contributed by atoms with Crippen molar-refractivity contribution in [1.82, 2.24) is 4.31 Å². The van der Waals surface area contributed by atoms with E-state index in [2.05, 4.69) is 5.32 Å². The van der Waals surface area contributed by atoms with Crippen molar-refractivity contribution in [2.75, 3.05) is 18.4 Å². The van der Waals surface area contributed by atoms with E-state index in [0.717, 1.165) is 25.0 Å². The van der Waals surface area contributed by atoms with E-state index in [1.54, 1.807) is 0 Å². The number of anilines is 1. The quantitative estimate of drug-likeness (QED) is 0.913. The lowest BCUT2D eigenvalue weighted by Crippen LogP contribution is -2.27. The molecule has 0 saturated carbocycles. The summed E-state index contributed by atoms with van der Waals surface area (Å²) >= 11 is 0. The number of carbonyl (C=O) groups is 1. The number of hydrogen-bond donors (Lipinski definition) is 1. The van der Waals surface area contributed by atoms with Gasteiger partial charge in [-0.05, 0) is 37.1 Å². The van der Waals surface area contributed by atoms with Crippen LogP contribution in [0.1, 0.15) is 23.4 Å². The lowest BCUT2D eigenvalue weighted by molar-refractivity contribution is 0.0991. The van der Waals surface area contributed by atoms with E-state index >= 15 is 0 Å². The lowest BCUT2D eigenvalue weighted by atomic mass is 10.3. The standard InChI is InChI=1S/C15H14F2N2O4S/c16-10-3-4-12(11(17)9-10)18-15(20)13-5-6-14(23-13)24(21,22)19-7-1-2-8-19/h3-6,9H,1-2,7-8H2,(H,18,20). The maximum Gasteiger partial charge on any atom is 0.291 e. The molecule has 24 heavy (non-hydrogen) atoms. The zero-order valence-electron chi connectivity index (χ0n) is 12.5. The van der Waals surface area contributed by atoms with Gasteiger partial charge >= 0.3 is 0 Å². The van der Waals surface area contributed by atoms with Crippen LogP contribution in [-0.4, -0.2) is 31.7 Å². The van der Waals surface area contributed by atoms with E-state index in [0.29, 0.717) is 19.2 Å². The van der Waals surface area contributed by atoms with Crippen molar-refractivity contribution >= 4 is 21.6 Å². The maximum atomic E-state index is 13.5. The summed E-state index contributed by atoms with van der Waals surface area (Å²) < 4.78 is 57.4. The number of carbonyl (C=O) groups excluding carboxylic acids is 1. The van der Waals surface area contributed by atoms with Crippen molar-refractivity contribution in [3.8, 4) is 0 Å². The smallest absolute Gasteiger partial charge is 0.291 e. The molecule has 1 aromatic carbocycles. The first-order chi connectivity index (χ1) is 11.4. The first-order valence-corrected chi connectivity index (χ1v) is 8.68. The number of halogens is 2. The fourth-order valence-corrected chi connectivity index (χ4v) is 3.84. The molecule has 1 N–H and O–H groups in total. The Morgan fingerprint density at radius 1 is 1.12 bits per heavy atom. The lowest BCUT2D eigenvalue weighted by Gasteiger charge is -2.12. The minimum atomic E-state index is -3.78. The Morgan fingerprint density at radius 2 is 1.83 bits per heavy atom. The van der Waals surface area contributed by atoms with Gasteiger partial charge in [0, 0.05) is 19.2 Å². The first-order valence-electron chi connectivity index (χ1n) is 7.24. The summed E-state index contributed by atoms with van der Waals surface area (Å²) in [5.74, 6) is -2.83. The molecule has 9 heteroatoms. The number of rotatable bonds is 4. The monoisotopic (exact) mass is 356 g/mol. The molecule has 3 rings (SSSR count). The molecule has 2 aromatic rings. The Labute approximate surface area is 137 Å². The normalized spacial score (nSPS) is 15.6. The second kappa shape index (κ2) is 6.33. The van der Waals surface area contributed by atoms with E-state index in [1.807, 2.05) is 0 Å². The van der Waals surface area contributed by atoms with Crippen LogP contribution in [0.2, 0.25) is 0 Å². The summed E-state index contributed by atoms with van der Waals surface area (Å²) in [5.41, 5.74) is -0.234. The number of sulfonamides is 1. The molecule has 1 amide bonds. The topological polar surface area (TPSA) is 79.6 Å². The molecule has 6 nitrogen and oxygen atoms in total. The molecule has 0 spiro atoms. The predicted octanol–water partition coefficient (Wildman–Crippen LogP) is 2.59. The predicted molar refractivity (Wildman–Crippen MR) is 81.0 cm³/mol. The molecule has 1 aromatic heterocycles. The molecule has 1 fully saturated rings. The molecule has 128 valence electrons. The Bertz CT molecular complexity index is 873. The largest absolute Gasteiger partial charge is 0.438 e. The highest BCUT2D eigenvalue weighted by Gasteiger charge is 2.30. The van der Waals surface area contributed by atoms with Crippen molar-refractivity contribution in [2.24, 2.45) is 0 Å². The molecule has 1 aliphatic heterocycles. The van der Waals surface area contributed by atoms with Gasteiger partial charge in [-0.1, -0.05) is 0 Å². The van der Waals surface area contributed by atoms with Crippen molar-refractivity contribution in [2.45, 2.75) is 17.9 Å². The second-order valence-electron chi connectivity index (χ2n) is 5.31. The van der Waals surface area contributed by atoms with Crippen LogP contribution >= 0.6 is 0 Å². The fourth-order valence-electron chi connectivity index (χ4n) is 2.41. The summed E-state index contributed by atoms with van der Waals surface area (Å²) in [4.78, 5) is 12.0. The van der Waals surface area contributed by atoms with Crippen LogP contribution < -0.4 is 5.32 Å². The van der Waals surface area contributed by atoms with Gasteiger partial charge in [0.1, 0.15) is 11.6 Å². The number of nitrogens with one attached hydrogen (secondary N) is 1. The Morgan fingerprint density at radius 3 is 2.50 bits per heavy atom. The third kappa shape index (κ3) is 3.17. The van der Waals surface area contributed by atoms with Gasteiger partial charge in [-0.3, -0.25) is 4.79 Å². The second-order valence-corrected chi connectivity index (χ2v) is 7.18. The van der Waals surface area contributed by atoms with Crippen LogP contribution in [0.4, 0.5) is 14.5 Å². The average molecular weight is 356 g/mol. The third-order valence-electron chi connectivity index (χ3n) is 3.64. The molecule has 0 atom stereocenters. The van der Waals surface area contributed by atoms with Gasteiger partial charge in [-0.25, -0.2) is 17.2 Å². The van der Waals surface area contributed by atoms with E-state index < -0.39 is 27.6 Å². The Kier molecular flexibility index (Phi) is 4.37. The summed E-state index contributed by atoms with van der Waals surface area (Å²) in [6.45, 7) is 0.816. The van der Waals surface area contributed by atoms with Crippen LogP contribution in [0.5, 0.6) is 0 Å². The molecule has 0 radical (unpaired) electrons. The van der Waals surface area contributed by atoms with Gasteiger partial charge in [0.2, 0.25) is 5.09 Å². The van der Waals surface area contributed by atoms with Crippen LogP contribution in [0.3, 0.4) is 0 Å². The van der Waals surface area contributed by atoms with Gasteiger partial charge in [-0.2, -0.15) is 4.31 Å². The van der Waals surface area contributed by atoms with E-state index in [1.165, 1.54) is 16.4 Å². The minimum absolute atomic E-state index is 0.234. The molecule has 2 heterocycles. The van der Waals surface area contributed by atoms with E-state index in [9.17, 15) is 22.0 Å². The minimum Gasteiger partial charge on any atom is -0.438 e. The molecule has 1 aliphatic rings. The highest BCUT2D eigenvalue weighted by Crippen LogP contribution is 2.23. The summed E-state index contributed by atoms with van der Waals surface area (Å²) in [5, 5.41) is 1.87. The zero-order valence-corrected chi connectivity index (χ0v) is 13.3. The summed E-state index contributed by atoms with van der Waals surface area (Å²) in [6.07, 6.45) is 1.55. The van der Waals surface area contributed by atoms with Gasteiger partial charge in [0.05, 0.1) is 5.69 Å². The number of nitrogens with zero attached hydrogens (tertiary/aromatic N) is 1. The van der Waals surface area contributed by atoms with Crippen molar-refractivity contribution in [3.05, 3.63) is 47.7 Å². The van der Waals surface area contributed by atoms with Gasteiger partial charge in [0.15, 0.2) is 5.76 Å². The zero-order chi connectivity index (χ0) is 17.3. The molecule has 0 aliphatic carbocycles. The van der Waals surface area contributed by atoms with Crippen molar-refractivity contribution < 1.29 is 26.4 Å². The highest BCUT2D eigenvalue weighted by molar-refractivity contribution is 7.89. The number of hydrogen-bond acceptors (Lipinski definition) is 4. The first kappa shape index (κ1) is 16.6. The van der Waals surface area contributed by atoms with Gasteiger partial charge in [0.25, 0.3) is 15.9 Å². The molecule has 0 unspecified atom stereocenters.